The molecule has 0 spiro atoms. The van der Waals surface area contributed by atoms with E-state index in [1.807, 2.05) is 13.8 Å². The summed E-state index contributed by atoms with van der Waals surface area (Å²) in [5.41, 5.74) is 0.648. The summed E-state index contributed by atoms with van der Waals surface area (Å²) >= 11 is 0. The number of fused-ring (bicyclic) bond motifs is 1. The minimum atomic E-state index is -4.09. The topological polar surface area (TPSA) is 170 Å². The zero-order chi connectivity index (χ0) is 31.6. The average Bonchev–Trinajstić information content (AvgIpc) is 3.44. The van der Waals surface area contributed by atoms with Crippen molar-refractivity contribution in [1.82, 2.24) is 9.62 Å². The zero-order valence-corrected chi connectivity index (χ0v) is 26.5. The van der Waals surface area contributed by atoms with Crippen molar-refractivity contribution >= 4 is 23.7 Å². The Bertz CT molecular complexity index is 1350. The monoisotopic (exact) mass is 644 g/mol. The number of carbonyl (C=O) groups is 1. The first-order chi connectivity index (χ1) is 20.4. The highest BCUT2D eigenvalue weighted by molar-refractivity contribution is 7.89. The summed E-state index contributed by atoms with van der Waals surface area (Å²) in [6.45, 7) is 7.39. The lowest BCUT2D eigenvalue weighted by Crippen LogP contribution is -2.50. The number of nitrogens with zero attached hydrogens (tertiary/aromatic N) is 1. The normalized spacial score (nSPS) is 15.2. The van der Waals surface area contributed by atoms with Gasteiger partial charge in [0.05, 0.1) is 30.3 Å². The van der Waals surface area contributed by atoms with E-state index in [2.05, 4.69) is 5.32 Å². The van der Waals surface area contributed by atoms with Gasteiger partial charge in [-0.15, -0.1) is 0 Å². The lowest BCUT2D eigenvalue weighted by Gasteiger charge is -2.30. The SMILES string of the molecule is CCOP(=O)(COc1ccc(CC(NC(=O)O)C(O)CN(CC(C)CC)S(=O)(=O)c2ccc3c(c2)OCO3)cc1)OCC. The number of hydrogen-bond donors (Lipinski definition) is 3. The van der Waals surface area contributed by atoms with Crippen molar-refractivity contribution in [2.45, 2.75) is 57.6 Å². The van der Waals surface area contributed by atoms with Crippen LogP contribution in [0.25, 0.3) is 0 Å². The fraction of sp³-hybridized carbons (Fsp3) is 0.536. The maximum atomic E-state index is 13.7. The van der Waals surface area contributed by atoms with Gasteiger partial charge in [-0.25, -0.2) is 13.2 Å². The summed E-state index contributed by atoms with van der Waals surface area (Å²) in [5, 5.41) is 23.0. The number of carboxylic acid groups (broad SMARTS) is 1. The van der Waals surface area contributed by atoms with Crippen LogP contribution in [-0.2, 0) is 30.1 Å². The Balaban J connectivity index is 1.76. The fourth-order valence-electron chi connectivity index (χ4n) is 4.35. The largest absolute Gasteiger partial charge is 0.481 e. The van der Waals surface area contributed by atoms with Crippen molar-refractivity contribution in [1.29, 1.82) is 0 Å². The van der Waals surface area contributed by atoms with Gasteiger partial charge in [0.15, 0.2) is 17.8 Å². The first-order valence-corrected chi connectivity index (χ1v) is 17.2. The van der Waals surface area contributed by atoms with E-state index in [4.69, 9.17) is 23.3 Å². The Hall–Kier alpha value is -2.87. The molecule has 1 amide bonds. The predicted octanol–water partition coefficient (Wildman–Crippen LogP) is 4.29. The van der Waals surface area contributed by atoms with Gasteiger partial charge in [0.1, 0.15) is 5.75 Å². The zero-order valence-electron chi connectivity index (χ0n) is 24.8. The third kappa shape index (κ3) is 9.82. The van der Waals surface area contributed by atoms with Gasteiger partial charge in [0.25, 0.3) is 0 Å². The Morgan fingerprint density at radius 3 is 2.30 bits per heavy atom. The van der Waals surface area contributed by atoms with Crippen LogP contribution in [-0.4, -0.2) is 80.6 Å². The Labute approximate surface area is 252 Å². The lowest BCUT2D eigenvalue weighted by atomic mass is 10.0. The van der Waals surface area contributed by atoms with Gasteiger partial charge in [0, 0.05) is 19.2 Å². The molecule has 0 saturated heterocycles. The molecular weight excluding hydrogens is 603 g/mol. The molecule has 240 valence electrons. The number of sulfonamides is 1. The van der Waals surface area contributed by atoms with E-state index in [1.165, 1.54) is 22.5 Å². The molecule has 3 atom stereocenters. The van der Waals surface area contributed by atoms with Crippen molar-refractivity contribution in [2.24, 2.45) is 5.92 Å². The summed E-state index contributed by atoms with van der Waals surface area (Å²) in [7, 11) is -7.50. The number of aliphatic hydroxyl groups excluding tert-OH is 1. The summed E-state index contributed by atoms with van der Waals surface area (Å²) in [5.74, 6) is 1.10. The van der Waals surface area contributed by atoms with Gasteiger partial charge in [-0.3, -0.25) is 4.57 Å². The number of amides is 1. The minimum Gasteiger partial charge on any atom is -0.481 e. The van der Waals surface area contributed by atoms with E-state index in [1.54, 1.807) is 38.1 Å². The highest BCUT2D eigenvalue weighted by Crippen LogP contribution is 2.47. The third-order valence-electron chi connectivity index (χ3n) is 6.78. The molecule has 0 saturated carbocycles. The van der Waals surface area contributed by atoms with E-state index >= 15 is 0 Å². The molecular formula is C28H41N2O11PS. The highest BCUT2D eigenvalue weighted by Gasteiger charge is 2.33. The molecule has 13 nitrogen and oxygen atoms in total. The van der Waals surface area contributed by atoms with E-state index in [0.717, 1.165) is 0 Å². The number of ether oxygens (including phenoxy) is 3. The molecule has 0 aromatic heterocycles. The van der Waals surface area contributed by atoms with Crippen LogP contribution in [0.1, 0.15) is 39.7 Å². The molecule has 2 aromatic carbocycles. The molecule has 43 heavy (non-hydrogen) atoms. The molecule has 1 heterocycles. The number of benzene rings is 2. The maximum Gasteiger partial charge on any atom is 0.404 e. The smallest absolute Gasteiger partial charge is 0.404 e. The molecule has 0 aliphatic carbocycles. The highest BCUT2D eigenvalue weighted by atomic mass is 32.2. The molecule has 0 fully saturated rings. The molecule has 1 aliphatic rings. The minimum absolute atomic E-state index is 0.00881. The summed E-state index contributed by atoms with van der Waals surface area (Å²) < 4.78 is 67.9. The first kappa shape index (κ1) is 34.6. The van der Waals surface area contributed by atoms with Gasteiger partial charge < -0.3 is 38.8 Å². The van der Waals surface area contributed by atoms with Crippen LogP contribution in [0.2, 0.25) is 0 Å². The van der Waals surface area contributed by atoms with Crippen LogP contribution in [0.15, 0.2) is 47.4 Å². The first-order valence-electron chi connectivity index (χ1n) is 14.1. The molecule has 2 aromatic rings. The maximum absolute atomic E-state index is 13.7. The number of hydrogen-bond acceptors (Lipinski definition) is 10. The van der Waals surface area contributed by atoms with E-state index in [9.17, 15) is 28.0 Å². The Kier molecular flexibility index (Phi) is 12.7. The summed E-state index contributed by atoms with van der Waals surface area (Å²) in [4.78, 5) is 11.6. The van der Waals surface area contributed by atoms with E-state index in [-0.39, 0.29) is 56.7 Å². The second-order valence-electron chi connectivity index (χ2n) is 10.0. The number of aliphatic hydroxyl groups is 1. The van der Waals surface area contributed by atoms with Gasteiger partial charge in [-0.2, -0.15) is 4.31 Å². The standard InChI is InChI=1S/C28H41N2O11PS/c1-5-20(4)16-30(43(35,36)23-12-13-26-27(15-23)38-18-37-26)17-25(31)24(29-28(32)33)14-21-8-10-22(11-9-21)39-19-42(34,40-6-2)41-7-3/h8-13,15,20,24-25,29,31H,5-7,14,16-19H2,1-4H3,(H,32,33). The molecule has 3 N–H and O–H groups in total. The van der Waals surface area contributed by atoms with Gasteiger partial charge in [0.2, 0.25) is 16.8 Å². The molecule has 3 rings (SSSR count). The van der Waals surface area contributed by atoms with E-state index < -0.39 is 35.9 Å². The number of nitrogens with one attached hydrogen (secondary N) is 1. The Morgan fingerprint density at radius 2 is 1.70 bits per heavy atom. The Morgan fingerprint density at radius 1 is 1.05 bits per heavy atom. The molecule has 15 heteroatoms. The van der Waals surface area contributed by atoms with Crippen LogP contribution in [0.3, 0.4) is 0 Å². The molecule has 1 aliphatic heterocycles. The van der Waals surface area contributed by atoms with Crippen LogP contribution < -0.4 is 19.5 Å². The van der Waals surface area contributed by atoms with Crippen molar-refractivity contribution < 1.29 is 51.2 Å². The summed E-state index contributed by atoms with van der Waals surface area (Å²) in [6.07, 6.45) is -2.27. The predicted molar refractivity (Wildman–Crippen MR) is 158 cm³/mol. The molecule has 3 unspecified atom stereocenters. The number of rotatable bonds is 18. The quantitative estimate of drug-likeness (QED) is 0.198. The van der Waals surface area contributed by atoms with Crippen molar-refractivity contribution in [3.8, 4) is 17.2 Å². The van der Waals surface area contributed by atoms with Crippen LogP contribution in [0.4, 0.5) is 4.79 Å². The van der Waals surface area contributed by atoms with Crippen molar-refractivity contribution in [2.75, 3.05) is 39.4 Å². The van der Waals surface area contributed by atoms with Crippen LogP contribution >= 0.6 is 7.60 Å². The van der Waals surface area contributed by atoms with Crippen LogP contribution in [0, 0.1) is 5.92 Å². The fourth-order valence-corrected chi connectivity index (χ4v) is 7.26. The van der Waals surface area contributed by atoms with Gasteiger partial charge >= 0.3 is 13.7 Å². The van der Waals surface area contributed by atoms with E-state index in [0.29, 0.717) is 29.2 Å². The van der Waals surface area contributed by atoms with Crippen LogP contribution in [0.5, 0.6) is 17.2 Å². The third-order valence-corrected chi connectivity index (χ3v) is 10.4. The second kappa shape index (κ2) is 15.7. The second-order valence-corrected chi connectivity index (χ2v) is 14.0. The average molecular weight is 645 g/mol. The molecule has 0 radical (unpaired) electrons. The molecule has 0 bridgehead atoms. The van der Waals surface area contributed by atoms with Crippen molar-refractivity contribution in [3.05, 3.63) is 48.0 Å². The van der Waals surface area contributed by atoms with Gasteiger partial charge in [-0.05, 0) is 56.0 Å². The lowest BCUT2D eigenvalue weighted by molar-refractivity contribution is 0.0974. The van der Waals surface area contributed by atoms with Gasteiger partial charge in [-0.1, -0.05) is 32.4 Å². The summed E-state index contributed by atoms with van der Waals surface area (Å²) in [6, 6.07) is 9.84. The van der Waals surface area contributed by atoms with Crippen molar-refractivity contribution in [3.63, 3.8) is 0 Å².